The average Bonchev–Trinajstić information content (AvgIpc) is 3.20. The smallest absolute Gasteiger partial charge is 0.339 e. The molecule has 0 radical (unpaired) electrons. The molecule has 0 aliphatic carbocycles. The van der Waals surface area contributed by atoms with E-state index in [9.17, 15) is 4.79 Å². The molecule has 6 heteroatoms. The maximum absolute atomic E-state index is 12.3. The molecule has 3 aromatic rings. The molecule has 0 saturated carbocycles. The Morgan fingerprint density at radius 2 is 2.35 bits per heavy atom. The maximum Gasteiger partial charge on any atom is 0.339 e. The Labute approximate surface area is 133 Å². The second-order valence-electron chi connectivity index (χ2n) is 5.23. The molecule has 0 atom stereocenters. The molecular formula is C17H15N3O3. The largest absolute Gasteiger partial charge is 0.463 e. The van der Waals surface area contributed by atoms with Crippen molar-refractivity contribution in [2.24, 2.45) is 0 Å². The summed E-state index contributed by atoms with van der Waals surface area (Å²) in [5.41, 5.74) is 1.50. The number of hydrogen-bond donors (Lipinski definition) is 0. The summed E-state index contributed by atoms with van der Waals surface area (Å²) in [6, 6.07) is 5.27. The van der Waals surface area contributed by atoms with Gasteiger partial charge in [-0.2, -0.15) is 5.10 Å². The van der Waals surface area contributed by atoms with Gasteiger partial charge in [-0.3, -0.25) is 0 Å². The molecule has 3 rings (SSSR count). The molecule has 0 saturated heterocycles. The number of aromatic nitrogens is 3. The van der Waals surface area contributed by atoms with Crippen LogP contribution >= 0.6 is 0 Å². The first-order valence-corrected chi connectivity index (χ1v) is 7.14. The van der Waals surface area contributed by atoms with Gasteiger partial charge in [-0.1, -0.05) is 5.92 Å². The third-order valence-electron chi connectivity index (χ3n) is 3.34. The van der Waals surface area contributed by atoms with E-state index in [-0.39, 0.29) is 12.6 Å². The number of furan rings is 1. The van der Waals surface area contributed by atoms with Crippen LogP contribution in [0.25, 0.3) is 22.5 Å². The first-order valence-electron chi connectivity index (χ1n) is 7.14. The number of ether oxygens (including phenoxy) is 1. The first kappa shape index (κ1) is 14.9. The minimum Gasteiger partial charge on any atom is -0.463 e. The second kappa shape index (κ2) is 5.97. The van der Waals surface area contributed by atoms with E-state index in [1.807, 2.05) is 13.8 Å². The van der Waals surface area contributed by atoms with Gasteiger partial charge in [-0.25, -0.2) is 14.5 Å². The van der Waals surface area contributed by atoms with Crippen LogP contribution in [0, 0.1) is 12.3 Å². The summed E-state index contributed by atoms with van der Waals surface area (Å²) in [4.78, 5) is 16.9. The highest BCUT2D eigenvalue weighted by atomic mass is 16.5. The minimum atomic E-state index is -0.508. The van der Waals surface area contributed by atoms with Crippen LogP contribution in [0.15, 0.2) is 35.1 Å². The Morgan fingerprint density at radius 1 is 1.52 bits per heavy atom. The molecule has 0 aliphatic rings. The molecule has 0 unspecified atom stereocenters. The molecule has 23 heavy (non-hydrogen) atoms. The molecule has 0 bridgehead atoms. The van der Waals surface area contributed by atoms with Crippen LogP contribution in [-0.2, 0) is 4.74 Å². The van der Waals surface area contributed by atoms with Crippen molar-refractivity contribution in [1.29, 1.82) is 0 Å². The highest BCUT2D eigenvalue weighted by Crippen LogP contribution is 2.27. The Bertz CT molecular complexity index is 886. The zero-order chi connectivity index (χ0) is 16.4. The predicted octanol–water partition coefficient (Wildman–Crippen LogP) is 3.06. The number of nitrogens with zero attached hydrogens (tertiary/aromatic N) is 3. The van der Waals surface area contributed by atoms with E-state index in [1.165, 1.54) is 0 Å². The van der Waals surface area contributed by atoms with Crippen LogP contribution in [0.5, 0.6) is 0 Å². The van der Waals surface area contributed by atoms with Crippen molar-refractivity contribution in [3.05, 3.63) is 36.2 Å². The molecule has 0 N–H and O–H groups in total. The van der Waals surface area contributed by atoms with Gasteiger partial charge in [-0.15, -0.1) is 6.42 Å². The van der Waals surface area contributed by atoms with Gasteiger partial charge in [0.15, 0.2) is 18.0 Å². The summed E-state index contributed by atoms with van der Waals surface area (Å²) < 4.78 is 12.2. The van der Waals surface area contributed by atoms with Crippen molar-refractivity contribution in [2.75, 3.05) is 6.61 Å². The van der Waals surface area contributed by atoms with E-state index in [2.05, 4.69) is 16.0 Å². The molecule has 0 aliphatic heterocycles. The Kier molecular flexibility index (Phi) is 3.85. The monoisotopic (exact) mass is 309 g/mol. The summed E-state index contributed by atoms with van der Waals surface area (Å²) in [6.07, 6.45) is 8.31. The number of carbonyl (C=O) groups is 1. The summed E-state index contributed by atoms with van der Waals surface area (Å²) in [7, 11) is 0. The quantitative estimate of drug-likeness (QED) is 0.547. The van der Waals surface area contributed by atoms with Gasteiger partial charge < -0.3 is 9.15 Å². The van der Waals surface area contributed by atoms with E-state index in [1.54, 1.807) is 35.3 Å². The summed E-state index contributed by atoms with van der Waals surface area (Å²) in [6.45, 7) is 3.89. The zero-order valence-electron chi connectivity index (χ0n) is 12.8. The number of hydrogen-bond acceptors (Lipinski definition) is 5. The molecule has 0 spiro atoms. The van der Waals surface area contributed by atoms with Crippen molar-refractivity contribution in [2.45, 2.75) is 19.9 Å². The van der Waals surface area contributed by atoms with Crippen LogP contribution in [0.1, 0.15) is 30.2 Å². The van der Waals surface area contributed by atoms with Gasteiger partial charge in [0.05, 0.1) is 23.4 Å². The van der Waals surface area contributed by atoms with Crippen molar-refractivity contribution in [3.8, 4) is 23.8 Å². The fourth-order valence-corrected chi connectivity index (χ4v) is 2.30. The lowest BCUT2D eigenvalue weighted by atomic mass is 10.1. The number of esters is 1. The van der Waals surface area contributed by atoms with E-state index in [4.69, 9.17) is 15.6 Å². The Balaban J connectivity index is 2.21. The lowest BCUT2D eigenvalue weighted by Crippen LogP contribution is -2.08. The highest BCUT2D eigenvalue weighted by molar-refractivity contribution is 6.03. The van der Waals surface area contributed by atoms with Crippen LogP contribution in [-0.4, -0.2) is 27.3 Å². The molecular weight excluding hydrogens is 294 g/mol. The maximum atomic E-state index is 12.3. The van der Waals surface area contributed by atoms with Gasteiger partial charge in [0, 0.05) is 6.04 Å². The van der Waals surface area contributed by atoms with Crippen LogP contribution < -0.4 is 0 Å². The van der Waals surface area contributed by atoms with Crippen LogP contribution in [0.3, 0.4) is 0 Å². The highest BCUT2D eigenvalue weighted by Gasteiger charge is 2.20. The van der Waals surface area contributed by atoms with Gasteiger partial charge in [0.25, 0.3) is 0 Å². The number of carbonyl (C=O) groups excluding carboxylic acids is 1. The molecule has 6 nitrogen and oxygen atoms in total. The summed E-state index contributed by atoms with van der Waals surface area (Å²) in [5.74, 6) is 2.34. The molecule has 0 amide bonds. The number of terminal acetylenes is 1. The van der Waals surface area contributed by atoms with Crippen molar-refractivity contribution in [3.63, 3.8) is 0 Å². The number of rotatable bonds is 4. The minimum absolute atomic E-state index is 0.0863. The van der Waals surface area contributed by atoms with Crippen molar-refractivity contribution in [1.82, 2.24) is 14.8 Å². The first-order chi connectivity index (χ1) is 11.1. The van der Waals surface area contributed by atoms with E-state index >= 15 is 0 Å². The number of fused-ring (bicyclic) bond motifs is 1. The zero-order valence-corrected chi connectivity index (χ0v) is 12.8. The topological polar surface area (TPSA) is 70.2 Å². The third-order valence-corrected chi connectivity index (χ3v) is 3.34. The van der Waals surface area contributed by atoms with Crippen LogP contribution in [0.2, 0.25) is 0 Å². The standard InChI is InChI=1S/C17H15N3O3/c1-4-7-23-17(21)12-9-14(15-6-5-8-22-15)19-16-13(12)10-18-20(16)11(2)3/h1,5-6,8-11H,7H2,2-3H3. The van der Waals surface area contributed by atoms with E-state index in [0.29, 0.717) is 28.1 Å². The average molecular weight is 309 g/mol. The lowest BCUT2D eigenvalue weighted by molar-refractivity contribution is 0.0559. The number of pyridine rings is 1. The molecule has 116 valence electrons. The predicted molar refractivity (Wildman–Crippen MR) is 84.7 cm³/mol. The van der Waals surface area contributed by atoms with E-state index in [0.717, 1.165) is 0 Å². The third kappa shape index (κ3) is 2.69. The lowest BCUT2D eigenvalue weighted by Gasteiger charge is -2.09. The van der Waals surface area contributed by atoms with E-state index < -0.39 is 5.97 Å². The van der Waals surface area contributed by atoms with Gasteiger partial charge >= 0.3 is 5.97 Å². The molecule has 0 aromatic carbocycles. The van der Waals surface area contributed by atoms with Crippen molar-refractivity contribution < 1.29 is 13.9 Å². The Morgan fingerprint density at radius 3 is 3.00 bits per heavy atom. The van der Waals surface area contributed by atoms with Crippen LogP contribution in [0.4, 0.5) is 0 Å². The van der Waals surface area contributed by atoms with Crippen molar-refractivity contribution >= 4 is 17.0 Å². The summed E-state index contributed by atoms with van der Waals surface area (Å²) in [5, 5.41) is 4.94. The fraction of sp³-hybridized carbons (Fsp3) is 0.235. The molecule has 3 aromatic heterocycles. The van der Waals surface area contributed by atoms with Gasteiger partial charge in [0.2, 0.25) is 0 Å². The Hall–Kier alpha value is -3.07. The normalized spacial score (nSPS) is 10.9. The fourth-order valence-electron chi connectivity index (χ4n) is 2.30. The summed E-state index contributed by atoms with van der Waals surface area (Å²) >= 11 is 0. The molecule has 3 heterocycles. The van der Waals surface area contributed by atoms with Gasteiger partial charge in [-0.05, 0) is 32.0 Å². The molecule has 0 fully saturated rings. The van der Waals surface area contributed by atoms with Gasteiger partial charge in [0.1, 0.15) is 5.69 Å². The second-order valence-corrected chi connectivity index (χ2v) is 5.23. The SMILES string of the molecule is C#CCOC(=O)c1cc(-c2ccco2)nc2c1cnn2C(C)C.